The molecule has 29 heavy (non-hydrogen) atoms. The molecule has 0 aliphatic carbocycles. The molecular formula is C22H16N6Pt. The first kappa shape index (κ1) is 21.8. The van der Waals surface area contributed by atoms with Gasteiger partial charge in [0.25, 0.3) is 0 Å². The minimum absolute atomic E-state index is 0. The van der Waals surface area contributed by atoms with Crippen LogP contribution < -0.4 is 9.80 Å². The molecule has 7 heteroatoms. The Bertz CT molecular complexity index is 1080. The maximum Gasteiger partial charge on any atom is 2.00 e. The van der Waals surface area contributed by atoms with Crippen LogP contribution in [0.5, 0.6) is 0 Å². The van der Waals surface area contributed by atoms with Crippen molar-refractivity contribution in [1.29, 1.82) is 5.26 Å². The van der Waals surface area contributed by atoms with Gasteiger partial charge in [0.15, 0.2) is 0 Å². The Morgan fingerprint density at radius 2 is 1.69 bits per heavy atom. The van der Waals surface area contributed by atoms with Gasteiger partial charge in [0.1, 0.15) is 11.6 Å². The number of hydrogen-bond donors (Lipinski definition) is 0. The van der Waals surface area contributed by atoms with Gasteiger partial charge in [-0.3, -0.25) is 6.57 Å². The molecule has 0 N–H and O–H groups in total. The van der Waals surface area contributed by atoms with Gasteiger partial charge in [-0.2, -0.15) is 11.3 Å². The fourth-order valence-electron chi connectivity index (χ4n) is 2.58. The van der Waals surface area contributed by atoms with Gasteiger partial charge in [-0.1, -0.05) is 23.5 Å². The molecule has 0 aliphatic heterocycles. The number of nitrogens with zero attached hydrogens (tertiary/aromatic N) is 6. The standard InChI is InChI=1S/C22H16N6.Pt/c1-24-16-17(15-23)20-10-7-12-22(26-20)28(3)19-9-6-8-18(14-19)27(2)21-11-4-5-13-25-21;/h4-13H,2-3H3;/q-2;+2. The molecular weight excluding hydrogens is 543 g/mol. The van der Waals surface area contributed by atoms with Crippen LogP contribution in [-0.4, -0.2) is 24.1 Å². The van der Waals surface area contributed by atoms with Gasteiger partial charge in [0.2, 0.25) is 0 Å². The van der Waals surface area contributed by atoms with Crippen LogP contribution in [0.15, 0.2) is 60.8 Å². The van der Waals surface area contributed by atoms with Crippen LogP contribution in [-0.2, 0) is 21.1 Å². The summed E-state index contributed by atoms with van der Waals surface area (Å²) in [5.41, 5.74) is 2.18. The number of hydrogen-bond acceptors (Lipinski definition) is 5. The molecule has 2 heterocycles. The van der Waals surface area contributed by atoms with Crippen molar-refractivity contribution in [1.82, 2.24) is 9.97 Å². The van der Waals surface area contributed by atoms with E-state index in [2.05, 4.69) is 27.1 Å². The number of anilines is 4. The summed E-state index contributed by atoms with van der Waals surface area (Å²) in [6.45, 7) is 6.88. The molecule has 0 radical (unpaired) electrons. The van der Waals surface area contributed by atoms with Crippen LogP contribution in [0.2, 0.25) is 0 Å². The van der Waals surface area contributed by atoms with Crippen molar-refractivity contribution < 1.29 is 21.1 Å². The third-order valence-electron chi connectivity index (χ3n) is 4.09. The molecule has 1 aromatic carbocycles. The van der Waals surface area contributed by atoms with E-state index in [4.69, 9.17) is 6.57 Å². The average molecular weight is 559 g/mol. The number of benzene rings is 1. The molecule has 3 aromatic rings. The molecule has 0 atom stereocenters. The van der Waals surface area contributed by atoms with Gasteiger partial charge in [0.05, 0.1) is 11.8 Å². The van der Waals surface area contributed by atoms with Gasteiger partial charge in [0, 0.05) is 20.3 Å². The molecule has 0 unspecified atom stereocenters. The fraction of sp³-hybridized carbons (Fsp3) is 0.0909. The Morgan fingerprint density at radius 3 is 2.31 bits per heavy atom. The Morgan fingerprint density at radius 1 is 1.03 bits per heavy atom. The summed E-state index contributed by atoms with van der Waals surface area (Å²) in [5, 5.41) is 9.20. The van der Waals surface area contributed by atoms with E-state index in [1.165, 1.54) is 0 Å². The molecule has 0 bridgehead atoms. The molecule has 0 aliphatic rings. The van der Waals surface area contributed by atoms with Gasteiger partial charge in [-0.25, -0.2) is 9.97 Å². The van der Waals surface area contributed by atoms with Gasteiger partial charge in [-0.05, 0) is 36.0 Å². The van der Waals surface area contributed by atoms with E-state index >= 15 is 0 Å². The van der Waals surface area contributed by atoms with Crippen molar-refractivity contribution in [2.45, 2.75) is 0 Å². The monoisotopic (exact) mass is 559 g/mol. The Labute approximate surface area is 184 Å². The maximum atomic E-state index is 9.20. The van der Waals surface area contributed by atoms with Crippen LogP contribution in [0.4, 0.5) is 23.0 Å². The van der Waals surface area contributed by atoms with Gasteiger partial charge >= 0.3 is 21.1 Å². The summed E-state index contributed by atoms with van der Waals surface area (Å²) in [7, 11) is 3.80. The first-order chi connectivity index (χ1) is 13.6. The first-order valence-electron chi connectivity index (χ1n) is 8.42. The van der Waals surface area contributed by atoms with E-state index in [0.717, 1.165) is 17.2 Å². The molecule has 3 rings (SSSR count). The second-order valence-electron chi connectivity index (χ2n) is 5.82. The zero-order chi connectivity index (χ0) is 19.9. The Kier molecular flexibility index (Phi) is 7.66. The van der Waals surface area contributed by atoms with Crippen LogP contribution in [0.3, 0.4) is 0 Å². The van der Waals surface area contributed by atoms with Crippen LogP contribution >= 0.6 is 0 Å². The second-order valence-corrected chi connectivity index (χ2v) is 5.82. The van der Waals surface area contributed by atoms with Crippen molar-refractivity contribution in [2.24, 2.45) is 0 Å². The van der Waals surface area contributed by atoms with Gasteiger partial charge in [-0.15, -0.1) is 18.2 Å². The SMILES string of the molecule is [C-]#[N+][C-]=C(C#N)c1cccc(N(C)c2[c-]c(N(C)c3ccccn3)ccc2)n1.[Pt+2]. The number of allylic oxidation sites excluding steroid dienone is 1. The van der Waals surface area contributed by atoms with E-state index in [9.17, 15) is 5.26 Å². The Balaban J connectivity index is 0.00000300. The van der Waals surface area contributed by atoms with Crippen LogP contribution in [0, 0.1) is 30.2 Å². The number of rotatable bonds is 5. The summed E-state index contributed by atoms with van der Waals surface area (Å²) in [5.74, 6) is 1.45. The minimum Gasteiger partial charge on any atom is -0.477 e. The summed E-state index contributed by atoms with van der Waals surface area (Å²) in [6, 6.07) is 22.2. The normalized spacial score (nSPS) is 10.3. The molecule has 144 valence electrons. The van der Waals surface area contributed by atoms with Crippen molar-refractivity contribution in [3.8, 4) is 6.07 Å². The van der Waals surface area contributed by atoms with Crippen LogP contribution in [0.25, 0.3) is 10.4 Å². The summed E-state index contributed by atoms with van der Waals surface area (Å²) in [4.78, 5) is 15.7. The van der Waals surface area contributed by atoms with E-state index in [-0.39, 0.29) is 26.6 Å². The first-order valence-corrected chi connectivity index (χ1v) is 8.42. The molecule has 6 nitrogen and oxygen atoms in total. The van der Waals surface area contributed by atoms with Crippen molar-refractivity contribution in [2.75, 3.05) is 23.9 Å². The summed E-state index contributed by atoms with van der Waals surface area (Å²) in [6.07, 6.45) is 4.09. The molecule has 2 aromatic heterocycles. The maximum absolute atomic E-state index is 9.20. The number of aromatic nitrogens is 2. The van der Waals surface area contributed by atoms with E-state index < -0.39 is 0 Å². The van der Waals surface area contributed by atoms with Crippen molar-refractivity contribution in [3.05, 3.63) is 90.2 Å². The second kappa shape index (κ2) is 10.2. The van der Waals surface area contributed by atoms with E-state index in [1.807, 2.05) is 72.4 Å². The van der Waals surface area contributed by atoms with E-state index in [1.54, 1.807) is 18.3 Å². The number of nitriles is 1. The van der Waals surface area contributed by atoms with Crippen LogP contribution in [0.1, 0.15) is 5.69 Å². The van der Waals surface area contributed by atoms with E-state index in [0.29, 0.717) is 11.5 Å². The summed E-state index contributed by atoms with van der Waals surface area (Å²) >= 11 is 0. The third kappa shape index (κ3) is 5.07. The molecule has 0 saturated carbocycles. The zero-order valence-electron chi connectivity index (χ0n) is 15.8. The molecule has 0 fully saturated rings. The third-order valence-corrected chi connectivity index (χ3v) is 4.09. The fourth-order valence-corrected chi connectivity index (χ4v) is 2.58. The smallest absolute Gasteiger partial charge is 0.477 e. The minimum atomic E-state index is 0. The predicted molar refractivity (Wildman–Crippen MR) is 109 cm³/mol. The quantitative estimate of drug-likeness (QED) is 0.343. The summed E-state index contributed by atoms with van der Waals surface area (Å²) < 4.78 is 0. The molecule has 0 spiro atoms. The number of pyridine rings is 2. The van der Waals surface area contributed by atoms with Gasteiger partial charge < -0.3 is 14.6 Å². The topological polar surface area (TPSA) is 60.4 Å². The molecule has 0 saturated heterocycles. The largest absolute Gasteiger partial charge is 2.00 e. The van der Waals surface area contributed by atoms with Crippen molar-refractivity contribution in [3.63, 3.8) is 0 Å². The molecule has 0 amide bonds. The zero-order valence-corrected chi connectivity index (χ0v) is 18.0. The average Bonchev–Trinajstić information content (AvgIpc) is 2.77. The van der Waals surface area contributed by atoms with Crippen molar-refractivity contribution >= 4 is 28.6 Å². The Hall–Kier alpha value is -3.47. The predicted octanol–water partition coefficient (Wildman–Crippen LogP) is 4.40.